The molecule has 4 aliphatic carbocycles. The van der Waals surface area contributed by atoms with Crippen molar-refractivity contribution in [2.75, 3.05) is 13.3 Å². The molecule has 6 atom stereocenters. The highest BCUT2D eigenvalue weighted by Gasteiger charge is 2.51. The molecule has 6 rings (SSSR count). The fraction of sp³-hybridized carbons (Fsp3) is 0.750. The molecule has 5 aliphatic rings. The summed E-state index contributed by atoms with van der Waals surface area (Å²) in [7, 11) is 0. The Kier molecular flexibility index (Phi) is 6.02. The quantitative estimate of drug-likeness (QED) is 0.456. The first kappa shape index (κ1) is 21.8. The van der Waals surface area contributed by atoms with Crippen molar-refractivity contribution in [3.05, 3.63) is 29.3 Å². The van der Waals surface area contributed by atoms with E-state index in [0.717, 1.165) is 43.4 Å². The standard InChI is InChI=1S/C28H39NO4/c30-27(33-26-10-5-7-19-6-1-2-8-22(19)26)32-18-31-21-12-11-20-16-25-23-9-3-4-13-28(23,14-15-29-25)24(20)17-21/h11-12,17,19,22-23,25-26,29H,1-10,13-16,18H2/t19-,22-,23-,25-,26?,28+/m1/s1. The highest BCUT2D eigenvalue weighted by atomic mass is 16.8. The molecular formula is C28H39NO4. The van der Waals surface area contributed by atoms with E-state index in [4.69, 9.17) is 14.2 Å². The molecule has 0 amide bonds. The average Bonchev–Trinajstić information content (AvgIpc) is 2.84. The van der Waals surface area contributed by atoms with Crippen molar-refractivity contribution < 1.29 is 19.0 Å². The summed E-state index contributed by atoms with van der Waals surface area (Å²) >= 11 is 0. The molecule has 1 unspecified atom stereocenters. The predicted octanol–water partition coefficient (Wildman–Crippen LogP) is 5.88. The molecule has 1 heterocycles. The van der Waals surface area contributed by atoms with Crippen molar-refractivity contribution in [3.63, 3.8) is 0 Å². The van der Waals surface area contributed by atoms with Crippen molar-refractivity contribution in [1.29, 1.82) is 0 Å². The summed E-state index contributed by atoms with van der Waals surface area (Å²) in [6, 6.07) is 7.15. The minimum absolute atomic E-state index is 0.0236. The van der Waals surface area contributed by atoms with E-state index in [2.05, 4.69) is 17.4 Å². The largest absolute Gasteiger partial charge is 0.511 e. The number of fused-ring (bicyclic) bond motifs is 2. The molecule has 1 N–H and O–H groups in total. The van der Waals surface area contributed by atoms with Crippen LogP contribution in [0, 0.1) is 17.8 Å². The van der Waals surface area contributed by atoms with Crippen LogP contribution < -0.4 is 10.1 Å². The Morgan fingerprint density at radius 1 is 1.00 bits per heavy atom. The summed E-state index contributed by atoms with van der Waals surface area (Å²) in [6.45, 7) is 1.03. The maximum atomic E-state index is 12.4. The maximum Gasteiger partial charge on any atom is 0.511 e. The van der Waals surface area contributed by atoms with Gasteiger partial charge in [-0.05, 0) is 98.9 Å². The lowest BCUT2D eigenvalue weighted by Crippen LogP contribution is -2.59. The molecule has 33 heavy (non-hydrogen) atoms. The SMILES string of the molecule is O=C(OCOc1ccc2c(c1)[C@]13CCCC[C@@H]1[C@@H](C2)NCC3)OC1CCC[C@H]2CCCC[C@@H]12. The van der Waals surface area contributed by atoms with Crippen molar-refractivity contribution in [3.8, 4) is 5.75 Å². The number of piperidine rings is 1. The van der Waals surface area contributed by atoms with Crippen molar-refractivity contribution in [1.82, 2.24) is 5.32 Å². The number of hydrogen-bond acceptors (Lipinski definition) is 5. The Hall–Kier alpha value is -1.75. The molecule has 5 nitrogen and oxygen atoms in total. The van der Waals surface area contributed by atoms with E-state index < -0.39 is 6.16 Å². The Morgan fingerprint density at radius 3 is 2.85 bits per heavy atom. The van der Waals surface area contributed by atoms with Gasteiger partial charge in [-0.1, -0.05) is 38.2 Å². The van der Waals surface area contributed by atoms with Crippen LogP contribution in [0.1, 0.15) is 88.2 Å². The smallest absolute Gasteiger partial charge is 0.457 e. The van der Waals surface area contributed by atoms with Gasteiger partial charge in [0.15, 0.2) is 0 Å². The molecule has 0 aromatic heterocycles. The minimum atomic E-state index is -0.573. The molecule has 3 saturated carbocycles. The van der Waals surface area contributed by atoms with E-state index in [9.17, 15) is 4.79 Å². The molecule has 1 aromatic carbocycles. The van der Waals surface area contributed by atoms with Crippen LogP contribution >= 0.6 is 0 Å². The fourth-order valence-electron chi connectivity index (χ4n) is 8.32. The lowest BCUT2D eigenvalue weighted by Gasteiger charge is -2.56. The number of benzene rings is 1. The number of hydrogen-bond donors (Lipinski definition) is 1. The Balaban J connectivity index is 1.08. The monoisotopic (exact) mass is 453 g/mol. The van der Waals surface area contributed by atoms with Crippen LogP contribution in [0.3, 0.4) is 0 Å². The highest BCUT2D eigenvalue weighted by Crippen LogP contribution is 2.54. The van der Waals surface area contributed by atoms with E-state index in [-0.39, 0.29) is 12.9 Å². The van der Waals surface area contributed by atoms with Gasteiger partial charge in [0.2, 0.25) is 6.79 Å². The maximum absolute atomic E-state index is 12.4. The average molecular weight is 454 g/mol. The van der Waals surface area contributed by atoms with Crippen LogP contribution in [-0.2, 0) is 21.3 Å². The topological polar surface area (TPSA) is 56.8 Å². The van der Waals surface area contributed by atoms with Gasteiger partial charge in [-0.3, -0.25) is 0 Å². The Bertz CT molecular complexity index is 865. The predicted molar refractivity (Wildman–Crippen MR) is 126 cm³/mol. The molecule has 2 bridgehead atoms. The first-order valence-corrected chi connectivity index (χ1v) is 13.6. The summed E-state index contributed by atoms with van der Waals surface area (Å²) in [4.78, 5) is 12.4. The molecule has 1 aliphatic heterocycles. The van der Waals surface area contributed by atoms with Gasteiger partial charge >= 0.3 is 6.16 Å². The first-order valence-electron chi connectivity index (χ1n) is 13.6. The summed E-state index contributed by atoms with van der Waals surface area (Å²) in [5.41, 5.74) is 3.27. The molecule has 180 valence electrons. The highest BCUT2D eigenvalue weighted by molar-refractivity contribution is 5.60. The Morgan fingerprint density at radius 2 is 1.88 bits per heavy atom. The molecule has 5 heteroatoms. The second kappa shape index (κ2) is 9.13. The molecular weight excluding hydrogens is 414 g/mol. The van der Waals surface area contributed by atoms with Gasteiger partial charge in [-0.2, -0.15) is 0 Å². The number of rotatable bonds is 4. The number of carbonyl (C=O) groups is 1. The first-order chi connectivity index (χ1) is 16.2. The zero-order chi connectivity index (χ0) is 22.3. The van der Waals surface area contributed by atoms with Crippen LogP contribution in [0.4, 0.5) is 4.79 Å². The van der Waals surface area contributed by atoms with Crippen molar-refractivity contribution in [2.45, 2.75) is 101 Å². The summed E-state index contributed by atoms with van der Waals surface area (Å²) in [5, 5.41) is 3.79. The van der Waals surface area contributed by atoms with E-state index in [1.165, 1.54) is 75.3 Å². The van der Waals surface area contributed by atoms with E-state index in [1.54, 1.807) is 0 Å². The minimum Gasteiger partial charge on any atom is -0.457 e. The van der Waals surface area contributed by atoms with E-state index in [1.807, 2.05) is 6.07 Å². The second-order valence-electron chi connectivity index (χ2n) is 11.3. The zero-order valence-electron chi connectivity index (χ0n) is 19.9. The van der Waals surface area contributed by atoms with E-state index in [0.29, 0.717) is 17.4 Å². The zero-order valence-corrected chi connectivity index (χ0v) is 19.9. The van der Waals surface area contributed by atoms with Crippen molar-refractivity contribution in [2.24, 2.45) is 17.8 Å². The van der Waals surface area contributed by atoms with Crippen LogP contribution in [-0.4, -0.2) is 31.6 Å². The van der Waals surface area contributed by atoms with Gasteiger partial charge < -0.3 is 19.5 Å². The molecule has 0 spiro atoms. The second-order valence-corrected chi connectivity index (χ2v) is 11.3. The third-order valence-corrected chi connectivity index (χ3v) is 9.78. The Labute approximate surface area is 197 Å². The molecule has 1 saturated heterocycles. The van der Waals surface area contributed by atoms with E-state index >= 15 is 0 Å². The van der Waals surface area contributed by atoms with Gasteiger partial charge in [-0.25, -0.2) is 4.79 Å². The molecule has 4 fully saturated rings. The molecule has 1 aromatic rings. The lowest BCUT2D eigenvalue weighted by atomic mass is 9.53. The van der Waals surface area contributed by atoms with Gasteiger partial charge in [0, 0.05) is 11.5 Å². The summed E-state index contributed by atoms with van der Waals surface area (Å²) < 4.78 is 17.0. The molecule has 0 radical (unpaired) electrons. The van der Waals surface area contributed by atoms with Crippen LogP contribution in [0.15, 0.2) is 18.2 Å². The van der Waals surface area contributed by atoms with Gasteiger partial charge in [-0.15, -0.1) is 0 Å². The summed E-state index contributed by atoms with van der Waals surface area (Å²) in [6.07, 6.45) is 15.6. The third kappa shape index (κ3) is 4.05. The van der Waals surface area contributed by atoms with Gasteiger partial charge in [0.1, 0.15) is 11.9 Å². The van der Waals surface area contributed by atoms with Crippen LogP contribution in [0.25, 0.3) is 0 Å². The lowest BCUT2D eigenvalue weighted by molar-refractivity contribution is -0.0562. The number of carbonyl (C=O) groups excluding carboxylic acids is 1. The number of ether oxygens (including phenoxy) is 3. The van der Waals surface area contributed by atoms with Gasteiger partial charge in [0.25, 0.3) is 0 Å². The summed E-state index contributed by atoms with van der Waals surface area (Å²) in [5.74, 6) is 2.81. The van der Waals surface area contributed by atoms with Gasteiger partial charge in [0.05, 0.1) is 0 Å². The van der Waals surface area contributed by atoms with Crippen molar-refractivity contribution >= 4 is 6.16 Å². The van der Waals surface area contributed by atoms with Crippen LogP contribution in [0.2, 0.25) is 0 Å². The normalized spacial score (nSPS) is 37.2. The third-order valence-electron chi connectivity index (χ3n) is 9.78. The van der Waals surface area contributed by atoms with Crippen LogP contribution in [0.5, 0.6) is 5.75 Å². The fourth-order valence-corrected chi connectivity index (χ4v) is 8.32. The number of nitrogens with one attached hydrogen (secondary N) is 1.